The molecule has 0 unspecified atom stereocenters. The summed E-state index contributed by atoms with van der Waals surface area (Å²) in [4.78, 5) is 36.5. The van der Waals surface area contributed by atoms with Gasteiger partial charge in [-0.15, -0.1) is 0 Å². The fourth-order valence-electron chi connectivity index (χ4n) is 3.07. The average molecular weight is 379 g/mol. The van der Waals surface area contributed by atoms with Gasteiger partial charge in [-0.3, -0.25) is 9.59 Å². The first-order valence-electron chi connectivity index (χ1n) is 8.66. The number of ether oxygens (including phenoxy) is 3. The zero-order valence-electron chi connectivity index (χ0n) is 15.5. The van der Waals surface area contributed by atoms with E-state index in [1.807, 2.05) is 6.07 Å². The first-order valence-corrected chi connectivity index (χ1v) is 8.66. The molecule has 1 aliphatic heterocycles. The van der Waals surface area contributed by atoms with Gasteiger partial charge < -0.3 is 30.2 Å². The molecule has 9 nitrogen and oxygen atoms in total. The minimum absolute atomic E-state index is 0.0522. The number of methoxy groups -OCH3 is 2. The van der Waals surface area contributed by atoms with Crippen molar-refractivity contribution in [1.29, 1.82) is 0 Å². The van der Waals surface area contributed by atoms with Gasteiger partial charge in [0.1, 0.15) is 11.5 Å². The summed E-state index contributed by atoms with van der Waals surface area (Å²) >= 11 is 0. The number of nitrogens with two attached hydrogens (primary N) is 1. The largest absolute Gasteiger partial charge is 0.497 e. The Labute approximate surface area is 157 Å². The average Bonchev–Trinajstić information content (AvgIpc) is 3.15. The van der Waals surface area contributed by atoms with Gasteiger partial charge in [0.05, 0.1) is 26.7 Å². The van der Waals surface area contributed by atoms with Crippen molar-refractivity contribution in [2.45, 2.75) is 25.3 Å². The molecular weight excluding hydrogens is 354 g/mol. The van der Waals surface area contributed by atoms with Gasteiger partial charge in [0, 0.05) is 18.7 Å². The second-order valence-corrected chi connectivity index (χ2v) is 6.05. The lowest BCUT2D eigenvalue weighted by molar-refractivity contribution is -0.152. The third-order valence-electron chi connectivity index (χ3n) is 4.35. The van der Waals surface area contributed by atoms with Crippen LogP contribution in [0.1, 0.15) is 30.9 Å². The van der Waals surface area contributed by atoms with Crippen molar-refractivity contribution in [2.24, 2.45) is 5.73 Å². The summed E-state index contributed by atoms with van der Waals surface area (Å²) in [6.45, 7) is 0.290. The van der Waals surface area contributed by atoms with Crippen LogP contribution in [-0.4, -0.2) is 56.7 Å². The summed E-state index contributed by atoms with van der Waals surface area (Å²) in [5.74, 6) is 0.499. The molecule has 148 valence electrons. The molecule has 2 rings (SSSR count). The van der Waals surface area contributed by atoms with Gasteiger partial charge in [-0.05, 0) is 31.0 Å². The lowest BCUT2D eigenvalue weighted by Crippen LogP contribution is -2.35. The Bertz CT molecular complexity index is 694. The molecule has 1 saturated heterocycles. The van der Waals surface area contributed by atoms with E-state index >= 15 is 0 Å². The molecule has 1 aliphatic rings. The maximum Gasteiger partial charge on any atom is 0.312 e. The first-order chi connectivity index (χ1) is 13.0. The van der Waals surface area contributed by atoms with Gasteiger partial charge in [0.2, 0.25) is 0 Å². The van der Waals surface area contributed by atoms with Crippen molar-refractivity contribution in [2.75, 3.05) is 33.9 Å². The van der Waals surface area contributed by atoms with E-state index in [9.17, 15) is 14.4 Å². The Hall–Kier alpha value is -2.97. The predicted octanol–water partition coefficient (Wildman–Crippen LogP) is 0.969. The minimum Gasteiger partial charge on any atom is -0.497 e. The molecule has 1 fully saturated rings. The quantitative estimate of drug-likeness (QED) is 0.650. The van der Waals surface area contributed by atoms with Crippen molar-refractivity contribution in [3.05, 3.63) is 23.8 Å². The van der Waals surface area contributed by atoms with Crippen LogP contribution < -0.4 is 20.5 Å². The Kier molecular flexibility index (Phi) is 7.27. The lowest BCUT2D eigenvalue weighted by Gasteiger charge is -2.26. The molecule has 0 saturated carbocycles. The molecule has 0 spiro atoms. The summed E-state index contributed by atoms with van der Waals surface area (Å²) in [5.41, 5.74) is 5.78. The molecule has 1 heterocycles. The van der Waals surface area contributed by atoms with Crippen LogP contribution in [0, 0.1) is 0 Å². The molecule has 1 atom stereocenters. The zero-order valence-corrected chi connectivity index (χ0v) is 15.5. The Morgan fingerprint density at radius 1 is 1.26 bits per heavy atom. The highest BCUT2D eigenvalue weighted by Crippen LogP contribution is 2.38. The smallest absolute Gasteiger partial charge is 0.312 e. The molecule has 1 aromatic carbocycles. The van der Waals surface area contributed by atoms with E-state index in [1.54, 1.807) is 31.3 Å². The maximum absolute atomic E-state index is 12.6. The second-order valence-electron chi connectivity index (χ2n) is 6.05. The van der Waals surface area contributed by atoms with Crippen molar-refractivity contribution >= 4 is 17.9 Å². The second kappa shape index (κ2) is 9.65. The number of carbonyl (C=O) groups is 3. The Morgan fingerprint density at radius 3 is 2.70 bits per heavy atom. The molecule has 0 aromatic heterocycles. The molecule has 0 bridgehead atoms. The van der Waals surface area contributed by atoms with E-state index in [0.29, 0.717) is 18.0 Å². The number of primary amides is 1. The lowest BCUT2D eigenvalue weighted by atomic mass is 10.0. The standard InChI is InChI=1S/C18H25N3O6/c1-25-12-5-6-15(26-2)13(10-12)14-4-3-9-21(14)16(22)11-27-17(23)7-8-20-18(19)24/h5-6,10,14H,3-4,7-9,11H2,1-2H3,(H3,19,20,24)/t14-/m1/s1. The van der Waals surface area contributed by atoms with E-state index in [0.717, 1.165) is 18.4 Å². The summed E-state index contributed by atoms with van der Waals surface area (Å²) in [7, 11) is 3.16. The fraction of sp³-hybridized carbons (Fsp3) is 0.500. The number of carbonyl (C=O) groups excluding carboxylic acids is 3. The number of amides is 3. The number of likely N-dealkylation sites (tertiary alicyclic amines) is 1. The highest BCUT2D eigenvalue weighted by Gasteiger charge is 2.32. The molecular formula is C18H25N3O6. The predicted molar refractivity (Wildman–Crippen MR) is 96.4 cm³/mol. The number of rotatable bonds is 8. The highest BCUT2D eigenvalue weighted by molar-refractivity contribution is 5.81. The van der Waals surface area contributed by atoms with Crippen LogP contribution >= 0.6 is 0 Å². The van der Waals surface area contributed by atoms with Crippen molar-refractivity contribution in [3.63, 3.8) is 0 Å². The van der Waals surface area contributed by atoms with E-state index in [-0.39, 0.29) is 31.5 Å². The van der Waals surface area contributed by atoms with Gasteiger partial charge in [-0.2, -0.15) is 0 Å². The molecule has 9 heteroatoms. The Morgan fingerprint density at radius 2 is 2.04 bits per heavy atom. The summed E-state index contributed by atoms with van der Waals surface area (Å²) < 4.78 is 15.7. The van der Waals surface area contributed by atoms with E-state index < -0.39 is 12.0 Å². The molecule has 1 aromatic rings. The van der Waals surface area contributed by atoms with Gasteiger partial charge in [0.25, 0.3) is 5.91 Å². The third-order valence-corrected chi connectivity index (χ3v) is 4.35. The first kappa shape index (κ1) is 20.3. The zero-order chi connectivity index (χ0) is 19.8. The molecule has 0 radical (unpaired) electrons. The van der Waals surface area contributed by atoms with Crippen LogP contribution in [-0.2, 0) is 14.3 Å². The maximum atomic E-state index is 12.6. The number of nitrogens with one attached hydrogen (secondary N) is 1. The van der Waals surface area contributed by atoms with Gasteiger partial charge in [-0.25, -0.2) is 4.79 Å². The van der Waals surface area contributed by atoms with Crippen LogP contribution in [0.3, 0.4) is 0 Å². The number of hydrogen-bond donors (Lipinski definition) is 2. The van der Waals surface area contributed by atoms with Crippen LogP contribution in [0.25, 0.3) is 0 Å². The van der Waals surface area contributed by atoms with Crippen molar-refractivity contribution < 1.29 is 28.6 Å². The number of urea groups is 1. The fourth-order valence-corrected chi connectivity index (χ4v) is 3.07. The highest BCUT2D eigenvalue weighted by atomic mass is 16.5. The summed E-state index contributed by atoms with van der Waals surface area (Å²) in [6.07, 6.45) is 1.57. The van der Waals surface area contributed by atoms with Crippen LogP contribution in [0.4, 0.5) is 4.79 Å². The van der Waals surface area contributed by atoms with Crippen LogP contribution in [0.2, 0.25) is 0 Å². The third kappa shape index (κ3) is 5.50. The topological polar surface area (TPSA) is 120 Å². The molecule has 0 aliphatic carbocycles. The summed E-state index contributed by atoms with van der Waals surface area (Å²) in [6, 6.07) is 4.58. The number of nitrogens with zero attached hydrogens (tertiary/aromatic N) is 1. The molecule has 27 heavy (non-hydrogen) atoms. The van der Waals surface area contributed by atoms with Crippen LogP contribution in [0.15, 0.2) is 18.2 Å². The van der Waals surface area contributed by atoms with Crippen molar-refractivity contribution in [1.82, 2.24) is 10.2 Å². The summed E-state index contributed by atoms with van der Waals surface area (Å²) in [5, 5.41) is 2.29. The van der Waals surface area contributed by atoms with Gasteiger partial charge >= 0.3 is 12.0 Å². The van der Waals surface area contributed by atoms with Gasteiger partial charge in [0.15, 0.2) is 6.61 Å². The Balaban J connectivity index is 1.98. The monoisotopic (exact) mass is 379 g/mol. The molecule has 3 N–H and O–H groups in total. The number of benzene rings is 1. The van der Waals surface area contributed by atoms with E-state index in [4.69, 9.17) is 19.9 Å². The SMILES string of the molecule is COc1ccc(OC)c([C@H]2CCCN2C(=O)COC(=O)CCNC(N)=O)c1. The normalized spacial score (nSPS) is 15.9. The van der Waals surface area contributed by atoms with Crippen LogP contribution in [0.5, 0.6) is 11.5 Å². The van der Waals surface area contributed by atoms with Gasteiger partial charge in [-0.1, -0.05) is 0 Å². The van der Waals surface area contributed by atoms with Crippen molar-refractivity contribution in [3.8, 4) is 11.5 Å². The number of esters is 1. The van der Waals surface area contributed by atoms with E-state index in [2.05, 4.69) is 5.32 Å². The number of hydrogen-bond acceptors (Lipinski definition) is 6. The minimum atomic E-state index is -0.717. The molecule has 3 amide bonds. The van der Waals surface area contributed by atoms with E-state index in [1.165, 1.54) is 0 Å².